The van der Waals surface area contributed by atoms with Crippen LogP contribution in [-0.2, 0) is 0 Å². The first kappa shape index (κ1) is 22.7. The average Bonchev–Trinajstić information content (AvgIpc) is 3.24. The molecule has 0 spiro atoms. The number of rotatable bonds is 4. The number of anilines is 2. The van der Waals surface area contributed by atoms with E-state index in [0.717, 1.165) is 21.9 Å². The topological polar surface area (TPSA) is 149 Å². The summed E-state index contributed by atoms with van der Waals surface area (Å²) in [5.41, 5.74) is 1.09. The number of carbonyl (C=O) groups excluding carboxylic acids is 4. The summed E-state index contributed by atoms with van der Waals surface area (Å²) < 4.78 is 0. The van der Waals surface area contributed by atoms with Gasteiger partial charge in [-0.05, 0) is 73.5 Å². The van der Waals surface area contributed by atoms with Gasteiger partial charge in [-0.2, -0.15) is 0 Å². The molecule has 0 aromatic heterocycles. The van der Waals surface area contributed by atoms with Gasteiger partial charge in [0.25, 0.3) is 23.6 Å². The van der Waals surface area contributed by atoms with Crippen LogP contribution in [0.4, 0.5) is 11.4 Å². The first-order valence-electron chi connectivity index (χ1n) is 10.6. The van der Waals surface area contributed by atoms with E-state index in [0.29, 0.717) is 11.1 Å². The lowest BCUT2D eigenvalue weighted by atomic mass is 10.1. The fraction of sp³-hybridized carbons (Fsp3) is 0.0769. The molecule has 2 aliphatic rings. The van der Waals surface area contributed by atoms with Gasteiger partial charge in [0, 0.05) is 0 Å². The number of hydrogen-bond donors (Lipinski definition) is 2. The third-order valence-corrected chi connectivity index (χ3v) is 6.26. The SMILES string of the molecule is Cc1cc(N2C(=O)c3ccc(C(=O)O)cc3C2=O)c(C)cc1N1C(=O)c2ccc(C(=O)O)cc2C1=O. The van der Waals surface area contributed by atoms with Crippen LogP contribution in [0.25, 0.3) is 0 Å². The Morgan fingerprint density at radius 1 is 0.556 bits per heavy atom. The lowest BCUT2D eigenvalue weighted by molar-refractivity contribution is 0.0686. The fourth-order valence-electron chi connectivity index (χ4n) is 4.45. The normalized spacial score (nSPS) is 14.4. The number of carboxylic acids is 2. The Morgan fingerprint density at radius 2 is 0.889 bits per heavy atom. The molecular weight excluding hydrogens is 468 g/mol. The average molecular weight is 484 g/mol. The second-order valence-corrected chi connectivity index (χ2v) is 8.45. The first-order valence-corrected chi connectivity index (χ1v) is 10.6. The van der Waals surface area contributed by atoms with Crippen LogP contribution in [0, 0.1) is 13.8 Å². The summed E-state index contributed by atoms with van der Waals surface area (Å²) in [6.45, 7) is 3.20. The molecule has 2 heterocycles. The van der Waals surface area contributed by atoms with Crippen molar-refractivity contribution >= 4 is 46.9 Å². The van der Waals surface area contributed by atoms with Crippen molar-refractivity contribution < 1.29 is 39.0 Å². The minimum Gasteiger partial charge on any atom is -0.478 e. The molecule has 0 fully saturated rings. The maximum atomic E-state index is 13.1. The molecule has 5 rings (SSSR count). The summed E-state index contributed by atoms with van der Waals surface area (Å²) in [7, 11) is 0. The molecule has 36 heavy (non-hydrogen) atoms. The van der Waals surface area contributed by atoms with E-state index in [4.69, 9.17) is 0 Å². The summed E-state index contributed by atoms with van der Waals surface area (Å²) in [5.74, 6) is -5.08. The zero-order valence-electron chi connectivity index (χ0n) is 18.9. The van der Waals surface area contributed by atoms with E-state index in [1.54, 1.807) is 13.8 Å². The molecule has 3 aromatic carbocycles. The standard InChI is InChI=1S/C26H16N2O8/c1-11-7-20(28-22(30)16-6-4-14(26(35)36)10-18(16)24(28)32)12(2)8-19(11)27-21(29)15-5-3-13(25(33)34)9-17(15)23(27)31/h3-10H,1-2H3,(H,33,34)(H,35,36). The van der Waals surface area contributed by atoms with Crippen LogP contribution in [0.2, 0.25) is 0 Å². The van der Waals surface area contributed by atoms with Crippen LogP contribution in [0.15, 0.2) is 48.5 Å². The maximum absolute atomic E-state index is 13.1. The molecule has 10 heteroatoms. The largest absolute Gasteiger partial charge is 0.478 e. The van der Waals surface area contributed by atoms with Crippen LogP contribution in [-0.4, -0.2) is 45.8 Å². The van der Waals surface area contributed by atoms with Crippen molar-refractivity contribution in [1.29, 1.82) is 0 Å². The molecular formula is C26H16N2O8. The molecule has 0 bridgehead atoms. The molecule has 0 saturated carbocycles. The van der Waals surface area contributed by atoms with Gasteiger partial charge in [-0.15, -0.1) is 0 Å². The van der Waals surface area contributed by atoms with Gasteiger partial charge >= 0.3 is 11.9 Å². The van der Waals surface area contributed by atoms with Crippen LogP contribution >= 0.6 is 0 Å². The number of aryl methyl sites for hydroxylation is 2. The number of hydrogen-bond acceptors (Lipinski definition) is 6. The van der Waals surface area contributed by atoms with Crippen molar-refractivity contribution in [3.05, 3.63) is 93.0 Å². The van der Waals surface area contributed by atoms with E-state index < -0.39 is 35.6 Å². The van der Waals surface area contributed by atoms with Crippen molar-refractivity contribution in [2.75, 3.05) is 9.80 Å². The lowest BCUT2D eigenvalue weighted by Crippen LogP contribution is -2.32. The highest BCUT2D eigenvalue weighted by Gasteiger charge is 2.40. The molecule has 0 saturated heterocycles. The van der Waals surface area contributed by atoms with Gasteiger partial charge in [-0.3, -0.25) is 19.2 Å². The van der Waals surface area contributed by atoms with Crippen LogP contribution in [0.5, 0.6) is 0 Å². The zero-order chi connectivity index (χ0) is 26.0. The van der Waals surface area contributed by atoms with Gasteiger partial charge in [0.2, 0.25) is 0 Å². The Hall–Kier alpha value is -5.12. The number of fused-ring (bicyclic) bond motifs is 2. The molecule has 10 nitrogen and oxygen atoms in total. The van der Waals surface area contributed by atoms with Gasteiger partial charge in [0.05, 0.1) is 44.8 Å². The Kier molecular flexibility index (Phi) is 4.85. The van der Waals surface area contributed by atoms with E-state index in [2.05, 4.69) is 0 Å². The second kappa shape index (κ2) is 7.70. The van der Waals surface area contributed by atoms with E-state index in [1.807, 2.05) is 0 Å². The molecule has 3 aromatic rings. The van der Waals surface area contributed by atoms with Crippen molar-refractivity contribution in [2.45, 2.75) is 13.8 Å². The number of aromatic carboxylic acids is 2. The van der Waals surface area contributed by atoms with E-state index in [1.165, 1.54) is 36.4 Å². The lowest BCUT2D eigenvalue weighted by Gasteiger charge is -2.22. The highest BCUT2D eigenvalue weighted by molar-refractivity contribution is 6.36. The van der Waals surface area contributed by atoms with Crippen LogP contribution in [0.1, 0.15) is 73.3 Å². The van der Waals surface area contributed by atoms with Gasteiger partial charge in [-0.1, -0.05) is 0 Å². The number of amides is 4. The molecule has 0 aliphatic carbocycles. The smallest absolute Gasteiger partial charge is 0.335 e. The van der Waals surface area contributed by atoms with Crippen molar-refractivity contribution in [1.82, 2.24) is 0 Å². The Bertz CT molecular complexity index is 1480. The molecule has 2 aliphatic heterocycles. The summed E-state index contributed by atoms with van der Waals surface area (Å²) in [5, 5.41) is 18.4. The number of imide groups is 2. The molecule has 4 amide bonds. The summed E-state index contributed by atoms with van der Waals surface area (Å²) in [4.78, 5) is 76.6. The molecule has 178 valence electrons. The quantitative estimate of drug-likeness (QED) is 0.536. The highest BCUT2D eigenvalue weighted by atomic mass is 16.4. The maximum Gasteiger partial charge on any atom is 0.335 e. The summed E-state index contributed by atoms with van der Waals surface area (Å²) in [6.07, 6.45) is 0. The van der Waals surface area contributed by atoms with Crippen LogP contribution in [0.3, 0.4) is 0 Å². The molecule has 0 atom stereocenters. The summed E-state index contributed by atoms with van der Waals surface area (Å²) >= 11 is 0. The zero-order valence-corrected chi connectivity index (χ0v) is 18.9. The Balaban J connectivity index is 1.54. The third kappa shape index (κ3) is 3.12. The number of carboxylic acid groups (broad SMARTS) is 2. The van der Waals surface area contributed by atoms with Crippen molar-refractivity contribution in [2.24, 2.45) is 0 Å². The van der Waals surface area contributed by atoms with Gasteiger partial charge < -0.3 is 10.2 Å². The number of nitrogens with zero attached hydrogens (tertiary/aromatic N) is 2. The third-order valence-electron chi connectivity index (χ3n) is 6.26. The summed E-state index contributed by atoms with van der Waals surface area (Å²) in [6, 6.07) is 10.4. The Morgan fingerprint density at radius 3 is 1.22 bits per heavy atom. The minimum atomic E-state index is -1.23. The van der Waals surface area contributed by atoms with Crippen LogP contribution < -0.4 is 9.80 Å². The molecule has 0 radical (unpaired) electrons. The monoisotopic (exact) mass is 484 g/mol. The van der Waals surface area contributed by atoms with Crippen molar-refractivity contribution in [3.8, 4) is 0 Å². The fourth-order valence-corrected chi connectivity index (χ4v) is 4.45. The second-order valence-electron chi connectivity index (χ2n) is 8.45. The van der Waals surface area contributed by atoms with E-state index in [-0.39, 0.29) is 44.8 Å². The number of carbonyl (C=O) groups is 6. The molecule has 0 unspecified atom stereocenters. The van der Waals surface area contributed by atoms with E-state index in [9.17, 15) is 39.0 Å². The predicted molar refractivity (Wildman–Crippen MR) is 125 cm³/mol. The number of benzene rings is 3. The van der Waals surface area contributed by atoms with Crippen molar-refractivity contribution in [3.63, 3.8) is 0 Å². The molecule has 2 N–H and O–H groups in total. The van der Waals surface area contributed by atoms with Gasteiger partial charge in [-0.25, -0.2) is 19.4 Å². The minimum absolute atomic E-state index is 0.0318. The van der Waals surface area contributed by atoms with E-state index >= 15 is 0 Å². The predicted octanol–water partition coefficient (Wildman–Crippen LogP) is 3.30. The first-order chi connectivity index (χ1) is 17.0. The Labute approximate surface area is 203 Å². The van der Waals surface area contributed by atoms with Gasteiger partial charge in [0.15, 0.2) is 0 Å². The van der Waals surface area contributed by atoms with Gasteiger partial charge in [0.1, 0.15) is 0 Å². The highest BCUT2D eigenvalue weighted by Crippen LogP contribution is 2.37.